The summed E-state index contributed by atoms with van der Waals surface area (Å²) in [6.45, 7) is 4.10. The molecule has 37 heavy (non-hydrogen) atoms. The van der Waals surface area contributed by atoms with Gasteiger partial charge in [-0.15, -0.1) is 0 Å². The van der Waals surface area contributed by atoms with Gasteiger partial charge in [-0.2, -0.15) is 8.42 Å². The molecule has 3 rings (SSSR count). The first-order valence-corrected chi connectivity index (χ1v) is 13.3. The van der Waals surface area contributed by atoms with Crippen LogP contribution in [0.3, 0.4) is 0 Å². The lowest BCUT2D eigenvalue weighted by molar-refractivity contribution is 0.273. The van der Waals surface area contributed by atoms with Crippen LogP contribution in [0.15, 0.2) is 60.2 Å². The van der Waals surface area contributed by atoms with Crippen molar-refractivity contribution in [1.29, 1.82) is 0 Å². The Balaban J connectivity index is 2.12. The van der Waals surface area contributed by atoms with Crippen LogP contribution in [-0.4, -0.2) is 47.7 Å². The first-order chi connectivity index (χ1) is 17.6. The standard InChI is InChI=1S/C28H32O8S/c1-18(2)13-14-35-24-12-9-20(15-25(24)32-3)27-23(17-29)28(34-5)22(16-26(27)33-4)19-7-10-21(11-8-19)36-37(6,30)31/h7-13,15-16,29H,14,17H2,1-6H3. The van der Waals surface area contributed by atoms with Gasteiger partial charge in [0.1, 0.15) is 23.9 Å². The number of hydrogen-bond donors (Lipinski definition) is 1. The van der Waals surface area contributed by atoms with Crippen LogP contribution < -0.4 is 23.1 Å². The molecule has 0 radical (unpaired) electrons. The molecule has 8 nitrogen and oxygen atoms in total. The van der Waals surface area contributed by atoms with Crippen molar-refractivity contribution in [1.82, 2.24) is 0 Å². The minimum atomic E-state index is -3.64. The minimum absolute atomic E-state index is 0.190. The number of ether oxygens (including phenoxy) is 4. The van der Waals surface area contributed by atoms with Gasteiger partial charge in [-0.05, 0) is 61.4 Å². The summed E-state index contributed by atoms with van der Waals surface area (Å²) in [7, 11) is 0.997. The minimum Gasteiger partial charge on any atom is -0.496 e. The zero-order valence-corrected chi connectivity index (χ0v) is 22.6. The summed E-state index contributed by atoms with van der Waals surface area (Å²) < 4.78 is 50.7. The van der Waals surface area contributed by atoms with Crippen LogP contribution in [0, 0.1) is 0 Å². The molecule has 1 N–H and O–H groups in total. The lowest BCUT2D eigenvalue weighted by Gasteiger charge is -2.21. The maximum Gasteiger partial charge on any atom is 0.306 e. The van der Waals surface area contributed by atoms with E-state index in [9.17, 15) is 13.5 Å². The normalized spacial score (nSPS) is 11.0. The molecule has 198 valence electrons. The number of hydrogen-bond acceptors (Lipinski definition) is 8. The molecule has 0 aliphatic carbocycles. The van der Waals surface area contributed by atoms with Gasteiger partial charge >= 0.3 is 10.1 Å². The van der Waals surface area contributed by atoms with Crippen LogP contribution in [0.4, 0.5) is 0 Å². The molecule has 9 heteroatoms. The highest BCUT2D eigenvalue weighted by atomic mass is 32.2. The second-order valence-corrected chi connectivity index (χ2v) is 10.0. The zero-order chi connectivity index (χ0) is 27.2. The average molecular weight is 529 g/mol. The molecular weight excluding hydrogens is 496 g/mol. The Morgan fingerprint density at radius 3 is 2.05 bits per heavy atom. The van der Waals surface area contributed by atoms with Crippen LogP contribution in [0.25, 0.3) is 22.3 Å². The van der Waals surface area contributed by atoms with Crippen molar-refractivity contribution in [3.05, 3.63) is 65.7 Å². The van der Waals surface area contributed by atoms with Crippen molar-refractivity contribution in [2.24, 2.45) is 0 Å². The fourth-order valence-corrected chi connectivity index (χ4v) is 4.34. The maximum atomic E-state index is 11.4. The topological polar surface area (TPSA) is 101 Å². The number of allylic oxidation sites excluding steroid dienone is 1. The van der Waals surface area contributed by atoms with E-state index in [0.717, 1.165) is 23.0 Å². The molecule has 3 aromatic rings. The monoisotopic (exact) mass is 528 g/mol. The summed E-state index contributed by atoms with van der Waals surface area (Å²) in [6, 6.07) is 13.8. The van der Waals surface area contributed by atoms with Gasteiger partial charge in [0.05, 0.1) is 34.2 Å². The highest BCUT2D eigenvalue weighted by Crippen LogP contribution is 2.46. The van der Waals surface area contributed by atoms with E-state index in [1.54, 1.807) is 38.5 Å². The SMILES string of the molecule is COc1cc(-c2c(OC)cc(-c3ccc(OS(C)(=O)=O)cc3)c(OC)c2CO)ccc1OCC=C(C)C. The summed E-state index contributed by atoms with van der Waals surface area (Å²) in [5.74, 6) is 2.29. The predicted molar refractivity (Wildman–Crippen MR) is 143 cm³/mol. The molecule has 0 spiro atoms. The van der Waals surface area contributed by atoms with Crippen molar-refractivity contribution in [2.45, 2.75) is 20.5 Å². The smallest absolute Gasteiger partial charge is 0.306 e. The van der Waals surface area contributed by atoms with Crippen LogP contribution in [0.1, 0.15) is 19.4 Å². The van der Waals surface area contributed by atoms with Crippen molar-refractivity contribution in [3.8, 4) is 51.0 Å². The van der Waals surface area contributed by atoms with Crippen LogP contribution in [-0.2, 0) is 16.7 Å². The van der Waals surface area contributed by atoms with Gasteiger partial charge in [0.25, 0.3) is 0 Å². The van der Waals surface area contributed by atoms with Gasteiger partial charge in [0.15, 0.2) is 11.5 Å². The molecule has 0 bridgehead atoms. The number of aliphatic hydroxyl groups excluding tert-OH is 1. The summed E-state index contributed by atoms with van der Waals surface area (Å²) in [6.07, 6.45) is 2.96. The molecular formula is C28H32O8S. The molecule has 0 fully saturated rings. The van der Waals surface area contributed by atoms with E-state index in [2.05, 4.69) is 0 Å². The third kappa shape index (κ3) is 6.75. The fourth-order valence-electron chi connectivity index (χ4n) is 3.87. The molecule has 3 aromatic carbocycles. The van der Waals surface area contributed by atoms with Gasteiger partial charge < -0.3 is 28.2 Å². The molecule has 0 saturated heterocycles. The number of aliphatic hydroxyl groups is 1. The van der Waals surface area contributed by atoms with Gasteiger partial charge in [0.2, 0.25) is 0 Å². The van der Waals surface area contributed by atoms with E-state index < -0.39 is 10.1 Å². The van der Waals surface area contributed by atoms with E-state index in [0.29, 0.717) is 46.3 Å². The van der Waals surface area contributed by atoms with Crippen LogP contribution in [0.5, 0.6) is 28.7 Å². The Kier molecular flexibility index (Phi) is 9.07. The lowest BCUT2D eigenvalue weighted by Crippen LogP contribution is -2.05. The van der Waals surface area contributed by atoms with Crippen molar-refractivity contribution in [2.75, 3.05) is 34.2 Å². The maximum absolute atomic E-state index is 11.4. The Bertz CT molecular complexity index is 1370. The highest BCUT2D eigenvalue weighted by Gasteiger charge is 2.22. The fraction of sp³-hybridized carbons (Fsp3) is 0.286. The molecule has 0 aromatic heterocycles. The molecule has 0 heterocycles. The van der Waals surface area contributed by atoms with Crippen LogP contribution >= 0.6 is 0 Å². The van der Waals surface area contributed by atoms with E-state index in [1.807, 2.05) is 44.2 Å². The Hall–Kier alpha value is -3.69. The van der Waals surface area contributed by atoms with Gasteiger partial charge in [0, 0.05) is 16.7 Å². The second kappa shape index (κ2) is 12.0. The largest absolute Gasteiger partial charge is 0.496 e. The Morgan fingerprint density at radius 1 is 0.865 bits per heavy atom. The highest BCUT2D eigenvalue weighted by molar-refractivity contribution is 7.86. The molecule has 0 amide bonds. The van der Waals surface area contributed by atoms with E-state index in [-0.39, 0.29) is 12.4 Å². The zero-order valence-electron chi connectivity index (χ0n) is 21.8. The second-order valence-electron chi connectivity index (χ2n) is 8.44. The first-order valence-electron chi connectivity index (χ1n) is 11.4. The summed E-state index contributed by atoms with van der Waals surface area (Å²) in [5, 5.41) is 10.4. The molecule has 0 aliphatic rings. The summed E-state index contributed by atoms with van der Waals surface area (Å²) in [5.41, 5.74) is 4.45. The third-order valence-corrected chi connectivity index (χ3v) is 6.02. The van der Waals surface area contributed by atoms with Crippen molar-refractivity contribution in [3.63, 3.8) is 0 Å². The van der Waals surface area contributed by atoms with Crippen LogP contribution in [0.2, 0.25) is 0 Å². The Morgan fingerprint density at radius 2 is 1.51 bits per heavy atom. The Labute approximate surface area is 218 Å². The lowest BCUT2D eigenvalue weighted by atomic mass is 9.92. The van der Waals surface area contributed by atoms with Gasteiger partial charge in [-0.25, -0.2) is 0 Å². The average Bonchev–Trinajstić information content (AvgIpc) is 2.86. The number of rotatable bonds is 11. The number of benzene rings is 3. The van der Waals surface area contributed by atoms with E-state index >= 15 is 0 Å². The van der Waals surface area contributed by atoms with Crippen molar-refractivity contribution >= 4 is 10.1 Å². The van der Waals surface area contributed by atoms with Crippen molar-refractivity contribution < 1.29 is 36.7 Å². The van der Waals surface area contributed by atoms with E-state index in [1.165, 1.54) is 7.11 Å². The summed E-state index contributed by atoms with van der Waals surface area (Å²) in [4.78, 5) is 0. The summed E-state index contributed by atoms with van der Waals surface area (Å²) >= 11 is 0. The molecule has 0 aliphatic heterocycles. The third-order valence-electron chi connectivity index (χ3n) is 5.52. The molecule has 0 unspecified atom stereocenters. The molecule has 0 saturated carbocycles. The van der Waals surface area contributed by atoms with Gasteiger partial charge in [-0.3, -0.25) is 0 Å². The van der Waals surface area contributed by atoms with E-state index in [4.69, 9.17) is 23.1 Å². The molecule has 0 atom stereocenters. The first kappa shape index (κ1) is 27.9. The van der Waals surface area contributed by atoms with Gasteiger partial charge in [-0.1, -0.05) is 23.8 Å². The quantitative estimate of drug-likeness (QED) is 0.267. The predicted octanol–water partition coefficient (Wildman–Crippen LogP) is 5.22. The number of methoxy groups -OCH3 is 3.